The molecule has 0 aromatic heterocycles. The van der Waals surface area contributed by atoms with Crippen molar-refractivity contribution >= 4 is 12.0 Å². The van der Waals surface area contributed by atoms with Gasteiger partial charge in [0.25, 0.3) is 0 Å². The molecule has 128 valence electrons. The number of hydrogen-bond acceptors (Lipinski definition) is 3. The number of carbonyl (C=O) groups is 1. The molecule has 1 amide bonds. The highest BCUT2D eigenvalue weighted by Crippen LogP contribution is 2.33. The minimum atomic E-state index is -0.0764. The monoisotopic (exact) mass is 327 g/mol. The van der Waals surface area contributed by atoms with Gasteiger partial charge in [0, 0.05) is 19.2 Å². The molecule has 3 rings (SSSR count). The lowest BCUT2D eigenvalue weighted by atomic mass is 9.93. The lowest BCUT2D eigenvalue weighted by Gasteiger charge is -2.32. The van der Waals surface area contributed by atoms with Gasteiger partial charge in [0.2, 0.25) is 5.91 Å². The summed E-state index contributed by atoms with van der Waals surface area (Å²) in [6.45, 7) is 6.86. The van der Waals surface area contributed by atoms with Gasteiger partial charge in [-0.1, -0.05) is 24.3 Å². The predicted molar refractivity (Wildman–Crippen MR) is 95.0 cm³/mol. The first-order valence-electron chi connectivity index (χ1n) is 8.57. The highest BCUT2D eigenvalue weighted by atomic mass is 16.5. The normalized spacial score (nSPS) is 20.2. The molecular weight excluding hydrogens is 302 g/mol. The van der Waals surface area contributed by atoms with Crippen molar-refractivity contribution in [3.8, 4) is 5.75 Å². The van der Waals surface area contributed by atoms with E-state index in [9.17, 15) is 4.79 Å². The maximum atomic E-state index is 12.0. The summed E-state index contributed by atoms with van der Waals surface area (Å²) in [5.74, 6) is 1.03. The van der Waals surface area contributed by atoms with E-state index >= 15 is 0 Å². The number of morpholine rings is 1. The molecule has 0 spiro atoms. The van der Waals surface area contributed by atoms with Crippen LogP contribution in [-0.2, 0) is 16.0 Å². The summed E-state index contributed by atoms with van der Waals surface area (Å²) in [5.41, 5.74) is 2.30. The van der Waals surface area contributed by atoms with Crippen LogP contribution in [0.3, 0.4) is 0 Å². The Bertz CT molecular complexity index is 655. The van der Waals surface area contributed by atoms with E-state index < -0.39 is 0 Å². The second kappa shape index (κ2) is 7.22. The molecule has 2 heterocycles. The molecule has 4 nitrogen and oxygen atoms in total. The number of amides is 1. The zero-order valence-electron chi connectivity index (χ0n) is 14.5. The molecule has 0 aliphatic carbocycles. The summed E-state index contributed by atoms with van der Waals surface area (Å²) in [4.78, 5) is 13.8. The van der Waals surface area contributed by atoms with Gasteiger partial charge in [-0.3, -0.25) is 4.79 Å². The Balaban J connectivity index is 1.59. The standard InChI is InChI=1S/C20H25NO3/c1-20(2)10-9-17-15-16(7-8-18(17)24-20)5-3-4-6-19(22)21-11-13-23-14-12-21/h3-8,15H,9-14H2,1-2H3/b5-3+,6-4+. The smallest absolute Gasteiger partial charge is 0.246 e. The Morgan fingerprint density at radius 2 is 2.00 bits per heavy atom. The summed E-state index contributed by atoms with van der Waals surface area (Å²) >= 11 is 0. The topological polar surface area (TPSA) is 38.8 Å². The summed E-state index contributed by atoms with van der Waals surface area (Å²) < 4.78 is 11.2. The molecule has 0 saturated carbocycles. The fourth-order valence-electron chi connectivity index (χ4n) is 2.98. The van der Waals surface area contributed by atoms with Crippen molar-refractivity contribution in [2.45, 2.75) is 32.3 Å². The quantitative estimate of drug-likeness (QED) is 0.632. The fraction of sp³-hybridized carbons (Fsp3) is 0.450. The minimum absolute atomic E-state index is 0.0454. The number of fused-ring (bicyclic) bond motifs is 1. The summed E-state index contributed by atoms with van der Waals surface area (Å²) in [6.07, 6.45) is 9.41. The number of allylic oxidation sites excluding steroid dienone is 2. The first kappa shape index (κ1) is 16.8. The third-order valence-electron chi connectivity index (χ3n) is 4.43. The van der Waals surface area contributed by atoms with Crippen LogP contribution in [0.15, 0.2) is 36.4 Å². The van der Waals surface area contributed by atoms with E-state index in [1.807, 2.05) is 29.2 Å². The molecule has 4 heteroatoms. The highest BCUT2D eigenvalue weighted by molar-refractivity contribution is 5.88. The molecule has 1 aromatic rings. The zero-order valence-corrected chi connectivity index (χ0v) is 14.5. The fourth-order valence-corrected chi connectivity index (χ4v) is 2.98. The molecule has 0 bridgehead atoms. The van der Waals surface area contributed by atoms with E-state index in [1.54, 1.807) is 12.2 Å². The number of benzene rings is 1. The van der Waals surface area contributed by atoms with Gasteiger partial charge >= 0.3 is 0 Å². The molecule has 0 unspecified atom stereocenters. The van der Waals surface area contributed by atoms with Crippen LogP contribution in [0.1, 0.15) is 31.4 Å². The van der Waals surface area contributed by atoms with Crippen molar-refractivity contribution in [1.29, 1.82) is 0 Å². The average molecular weight is 327 g/mol. The van der Waals surface area contributed by atoms with Crippen molar-refractivity contribution in [2.24, 2.45) is 0 Å². The van der Waals surface area contributed by atoms with E-state index in [2.05, 4.69) is 19.9 Å². The second-order valence-corrected chi connectivity index (χ2v) is 6.88. The Morgan fingerprint density at radius 1 is 1.21 bits per heavy atom. The van der Waals surface area contributed by atoms with Gasteiger partial charge in [-0.25, -0.2) is 0 Å². The van der Waals surface area contributed by atoms with Crippen LogP contribution in [-0.4, -0.2) is 42.7 Å². The van der Waals surface area contributed by atoms with Gasteiger partial charge in [0.15, 0.2) is 0 Å². The number of hydrogen-bond donors (Lipinski definition) is 0. The minimum Gasteiger partial charge on any atom is -0.488 e. The van der Waals surface area contributed by atoms with Crippen molar-refractivity contribution in [3.63, 3.8) is 0 Å². The average Bonchev–Trinajstić information content (AvgIpc) is 2.58. The van der Waals surface area contributed by atoms with Gasteiger partial charge < -0.3 is 14.4 Å². The molecule has 1 fully saturated rings. The summed E-state index contributed by atoms with van der Waals surface area (Å²) in [6, 6.07) is 6.26. The summed E-state index contributed by atoms with van der Waals surface area (Å²) in [7, 11) is 0. The number of aryl methyl sites for hydroxylation is 1. The Labute approximate surface area is 143 Å². The third kappa shape index (κ3) is 4.26. The predicted octanol–water partition coefficient (Wildman–Crippen LogP) is 3.22. The van der Waals surface area contributed by atoms with E-state index in [4.69, 9.17) is 9.47 Å². The largest absolute Gasteiger partial charge is 0.488 e. The van der Waals surface area contributed by atoms with Gasteiger partial charge in [-0.2, -0.15) is 0 Å². The van der Waals surface area contributed by atoms with Crippen LogP contribution in [0.25, 0.3) is 6.08 Å². The van der Waals surface area contributed by atoms with Gasteiger partial charge in [-0.05, 0) is 49.9 Å². The molecule has 2 aliphatic heterocycles. The molecule has 0 atom stereocenters. The van der Waals surface area contributed by atoms with Crippen molar-refractivity contribution in [1.82, 2.24) is 4.90 Å². The van der Waals surface area contributed by atoms with Crippen LogP contribution >= 0.6 is 0 Å². The lowest BCUT2D eigenvalue weighted by Crippen LogP contribution is -2.39. The third-order valence-corrected chi connectivity index (χ3v) is 4.43. The zero-order chi connectivity index (χ0) is 17.0. The van der Waals surface area contributed by atoms with Crippen LogP contribution in [0.4, 0.5) is 0 Å². The molecule has 0 radical (unpaired) electrons. The maximum absolute atomic E-state index is 12.0. The molecule has 0 N–H and O–H groups in total. The van der Waals surface area contributed by atoms with Gasteiger partial charge in [0.05, 0.1) is 13.2 Å². The SMILES string of the molecule is CC1(C)CCc2cc(/C=C/C=C/C(=O)N3CCOCC3)ccc2O1. The maximum Gasteiger partial charge on any atom is 0.246 e. The number of nitrogens with zero attached hydrogens (tertiary/aromatic N) is 1. The van der Waals surface area contributed by atoms with E-state index in [0.29, 0.717) is 26.3 Å². The Kier molecular flexibility index (Phi) is 5.05. The van der Waals surface area contributed by atoms with Crippen molar-refractivity contribution < 1.29 is 14.3 Å². The Morgan fingerprint density at radius 3 is 2.79 bits per heavy atom. The van der Waals surface area contributed by atoms with Gasteiger partial charge in [0.1, 0.15) is 11.4 Å². The first-order chi connectivity index (χ1) is 11.5. The van der Waals surface area contributed by atoms with Crippen molar-refractivity contribution in [2.75, 3.05) is 26.3 Å². The molecule has 2 aliphatic rings. The number of carbonyl (C=O) groups excluding carboxylic acids is 1. The molecular formula is C20H25NO3. The second-order valence-electron chi connectivity index (χ2n) is 6.88. The lowest BCUT2D eigenvalue weighted by molar-refractivity contribution is -0.129. The first-order valence-corrected chi connectivity index (χ1v) is 8.57. The van der Waals surface area contributed by atoms with E-state index in [-0.39, 0.29) is 11.5 Å². The van der Waals surface area contributed by atoms with Crippen LogP contribution in [0.2, 0.25) is 0 Å². The van der Waals surface area contributed by atoms with Crippen LogP contribution in [0, 0.1) is 0 Å². The number of rotatable bonds is 3. The van der Waals surface area contributed by atoms with Crippen LogP contribution in [0.5, 0.6) is 5.75 Å². The van der Waals surface area contributed by atoms with Crippen LogP contribution < -0.4 is 4.74 Å². The highest BCUT2D eigenvalue weighted by Gasteiger charge is 2.26. The molecule has 1 aromatic carbocycles. The number of ether oxygens (including phenoxy) is 2. The molecule has 1 saturated heterocycles. The van der Waals surface area contributed by atoms with Crippen molar-refractivity contribution in [3.05, 3.63) is 47.6 Å². The summed E-state index contributed by atoms with van der Waals surface area (Å²) in [5, 5.41) is 0. The van der Waals surface area contributed by atoms with Gasteiger partial charge in [-0.15, -0.1) is 0 Å². The molecule has 24 heavy (non-hydrogen) atoms. The Hall–Kier alpha value is -2.07. The van der Waals surface area contributed by atoms with E-state index in [0.717, 1.165) is 24.2 Å². The van der Waals surface area contributed by atoms with E-state index in [1.165, 1.54) is 5.56 Å².